The Hall–Kier alpha value is -4.64. The highest BCUT2D eigenvalue weighted by Crippen LogP contribution is 2.48. The lowest BCUT2D eigenvalue weighted by atomic mass is 9.68. The van der Waals surface area contributed by atoms with Crippen molar-refractivity contribution in [2.75, 3.05) is 0 Å². The molecule has 226 valence electrons. The Kier molecular flexibility index (Phi) is 6.83. The lowest BCUT2D eigenvalue weighted by Gasteiger charge is -2.32. The van der Waals surface area contributed by atoms with Gasteiger partial charge in [0.15, 0.2) is 5.75 Å². The van der Waals surface area contributed by atoms with E-state index < -0.39 is 29.8 Å². The van der Waals surface area contributed by atoms with Gasteiger partial charge in [-0.05, 0) is 93.4 Å². The predicted molar refractivity (Wildman–Crippen MR) is 203 cm³/mol. The summed E-state index contributed by atoms with van der Waals surface area (Å²) in [6.07, 6.45) is 0. The van der Waals surface area contributed by atoms with Gasteiger partial charge in [-0.25, -0.2) is 0 Å². The molecule has 0 spiro atoms. The second-order valence-corrected chi connectivity index (χ2v) is 13.7. The summed E-state index contributed by atoms with van der Waals surface area (Å²) in [6, 6.07) is 33.2. The van der Waals surface area contributed by atoms with Crippen LogP contribution in [0.25, 0.3) is 65.3 Å². The Balaban J connectivity index is 1.47. The predicted octanol–water partition coefficient (Wildman–Crippen LogP) is 5.73. The molecule has 1 aliphatic heterocycles. The molecule has 7 aromatic rings. The lowest BCUT2D eigenvalue weighted by Crippen LogP contribution is -2.41. The van der Waals surface area contributed by atoms with Gasteiger partial charge in [0.05, 0.1) is 11.2 Å². The smallest absolute Gasteiger partial charge is 0.494 e. The van der Waals surface area contributed by atoms with E-state index in [1.165, 1.54) is 0 Å². The molecule has 0 bridgehead atoms. The third-order valence-electron chi connectivity index (χ3n) is 10.4. The van der Waals surface area contributed by atoms with E-state index in [1.54, 1.807) is 0 Å². The van der Waals surface area contributed by atoms with Crippen molar-refractivity contribution in [2.45, 2.75) is 38.9 Å². The van der Waals surface area contributed by atoms with Crippen LogP contribution in [0.15, 0.2) is 97.1 Å². The molecular weight excluding hydrogens is 588 g/mol. The average Bonchev–Trinajstić information content (AvgIpc) is 3.31. The highest BCUT2D eigenvalue weighted by molar-refractivity contribution is 6.62. The van der Waals surface area contributed by atoms with Crippen molar-refractivity contribution in [2.24, 2.45) is 0 Å². The van der Waals surface area contributed by atoms with E-state index in [2.05, 4.69) is 88.4 Å². The molecule has 0 atom stereocenters. The summed E-state index contributed by atoms with van der Waals surface area (Å²) in [4.78, 5) is 0. The monoisotopic (exact) mass is 618 g/mol. The van der Waals surface area contributed by atoms with Crippen LogP contribution in [0.3, 0.4) is 0 Å². The van der Waals surface area contributed by atoms with Gasteiger partial charge in [0.1, 0.15) is 29.3 Å². The Bertz CT molecular complexity index is 2390. The summed E-state index contributed by atoms with van der Waals surface area (Å²) < 4.78 is 12.9. The number of fused-ring (bicyclic) bond motifs is 5. The zero-order valence-corrected chi connectivity index (χ0v) is 27.3. The van der Waals surface area contributed by atoms with Crippen molar-refractivity contribution in [1.82, 2.24) is 0 Å². The summed E-state index contributed by atoms with van der Waals surface area (Å²) in [5.74, 6) is -0.902. The van der Waals surface area contributed by atoms with Gasteiger partial charge in [0.25, 0.3) is 0 Å². The fraction of sp³-hybridized carbons (Fsp3) is 0.150. The molecule has 0 amide bonds. The summed E-state index contributed by atoms with van der Waals surface area (Å²) >= 11 is 0. The van der Waals surface area contributed by atoms with Gasteiger partial charge >= 0.3 is 7.12 Å². The van der Waals surface area contributed by atoms with E-state index in [0.29, 0.717) is 5.56 Å². The fourth-order valence-electron chi connectivity index (χ4n) is 7.18. The molecule has 1 fully saturated rings. The first-order valence-electron chi connectivity index (χ1n) is 16.0. The van der Waals surface area contributed by atoms with Crippen LogP contribution in [0.4, 0.5) is 0 Å². The van der Waals surface area contributed by atoms with E-state index in [1.807, 2.05) is 36.4 Å². The molecule has 8 rings (SSSR count). The molecule has 8 heteroatoms. The molecule has 0 saturated carbocycles. The van der Waals surface area contributed by atoms with Gasteiger partial charge in [0, 0.05) is 11.1 Å². The zero-order valence-electron chi connectivity index (χ0n) is 27.3. The van der Waals surface area contributed by atoms with Crippen molar-refractivity contribution >= 4 is 95.6 Å². The van der Waals surface area contributed by atoms with E-state index in [-0.39, 0.29) is 22.0 Å². The summed E-state index contributed by atoms with van der Waals surface area (Å²) in [5, 5.41) is 30.1. The van der Waals surface area contributed by atoms with Gasteiger partial charge in [-0.2, -0.15) is 0 Å². The number of phenolic OH excluding ortho intramolecular Hbond substituents is 2. The second kappa shape index (κ2) is 10.7. The quantitative estimate of drug-likeness (QED) is 0.115. The highest BCUT2D eigenvalue weighted by atomic mass is 16.7. The topological polar surface area (TPSA) is 58.9 Å². The Morgan fingerprint density at radius 1 is 0.500 bits per heavy atom. The number of benzene rings is 7. The fourth-order valence-corrected chi connectivity index (χ4v) is 7.18. The SMILES string of the molecule is [B]c1c([B])c(O)c(O)c(-c2c3ccccc3c(-c3cc4ccccc4c4cc(B5OC(C)(C)C(C)(C)O5)ccc34)c3ccccc23)c1[B]. The number of hydrogen-bond acceptors (Lipinski definition) is 4. The number of hydrogen-bond donors (Lipinski definition) is 2. The molecule has 48 heavy (non-hydrogen) atoms. The first-order chi connectivity index (χ1) is 22.9. The third kappa shape index (κ3) is 4.36. The van der Waals surface area contributed by atoms with Crippen molar-refractivity contribution < 1.29 is 19.5 Å². The molecule has 4 nitrogen and oxygen atoms in total. The minimum atomic E-state index is -0.496. The molecule has 1 aliphatic rings. The maximum atomic E-state index is 11.3. The molecule has 0 aromatic heterocycles. The Morgan fingerprint density at radius 3 is 1.60 bits per heavy atom. The van der Waals surface area contributed by atoms with Gasteiger partial charge < -0.3 is 19.5 Å². The number of phenols is 2. The highest BCUT2D eigenvalue weighted by Gasteiger charge is 2.51. The van der Waals surface area contributed by atoms with Crippen LogP contribution in [0.5, 0.6) is 11.5 Å². The minimum Gasteiger partial charge on any atom is -0.505 e. The molecule has 7 aromatic carbocycles. The van der Waals surface area contributed by atoms with Crippen LogP contribution in [-0.4, -0.2) is 52.1 Å². The molecule has 1 heterocycles. The van der Waals surface area contributed by atoms with Crippen LogP contribution in [0.2, 0.25) is 0 Å². The maximum absolute atomic E-state index is 11.3. The Labute approximate surface area is 284 Å². The first kappa shape index (κ1) is 30.7. The van der Waals surface area contributed by atoms with Crippen LogP contribution >= 0.6 is 0 Å². The maximum Gasteiger partial charge on any atom is 0.494 e. The van der Waals surface area contributed by atoms with Crippen molar-refractivity contribution in [3.63, 3.8) is 0 Å². The molecular formula is C40H30B4O4. The van der Waals surface area contributed by atoms with Crippen LogP contribution in [0.1, 0.15) is 27.7 Å². The summed E-state index contributed by atoms with van der Waals surface area (Å²) in [7, 11) is 18.3. The van der Waals surface area contributed by atoms with Crippen molar-refractivity contribution in [1.29, 1.82) is 0 Å². The molecule has 6 radical (unpaired) electrons. The van der Waals surface area contributed by atoms with E-state index in [9.17, 15) is 10.2 Å². The third-order valence-corrected chi connectivity index (χ3v) is 10.4. The van der Waals surface area contributed by atoms with E-state index in [4.69, 9.17) is 32.8 Å². The van der Waals surface area contributed by atoms with Crippen LogP contribution in [-0.2, 0) is 9.31 Å². The molecule has 1 saturated heterocycles. The normalized spacial score (nSPS) is 15.6. The van der Waals surface area contributed by atoms with Crippen molar-refractivity contribution in [3.05, 3.63) is 97.1 Å². The first-order valence-corrected chi connectivity index (χ1v) is 16.0. The van der Waals surface area contributed by atoms with Crippen LogP contribution < -0.4 is 21.9 Å². The van der Waals surface area contributed by atoms with Gasteiger partial charge in [-0.15, -0.1) is 5.46 Å². The lowest BCUT2D eigenvalue weighted by molar-refractivity contribution is 0.00578. The van der Waals surface area contributed by atoms with Crippen molar-refractivity contribution in [3.8, 4) is 33.8 Å². The summed E-state index contributed by atoms with van der Waals surface area (Å²) in [5.41, 5.74) is 3.02. The van der Waals surface area contributed by atoms with Crippen LogP contribution in [0, 0.1) is 0 Å². The Morgan fingerprint density at radius 2 is 1.02 bits per heavy atom. The molecule has 0 unspecified atom stereocenters. The van der Waals surface area contributed by atoms with E-state index in [0.717, 1.165) is 59.7 Å². The standard InChI is InChI=1S/C40H30B4O4/c1-39(2)40(3,4)48-44(47-39)22-17-18-24-29(20-22)23-12-6-5-11-21(23)19-30(24)31-25-13-7-9-15-27(25)32(28-16-10-8-14-26(28)31)33-34(41)35(42)36(43)38(46)37(33)45/h5-20,45-46H,1-4H3. The number of aromatic hydroxyl groups is 2. The van der Waals surface area contributed by atoms with Gasteiger partial charge in [-0.1, -0.05) is 102 Å². The molecule has 2 N–H and O–H groups in total. The molecule has 0 aliphatic carbocycles. The number of rotatable bonds is 3. The second-order valence-electron chi connectivity index (χ2n) is 13.7. The largest absolute Gasteiger partial charge is 0.505 e. The van der Waals surface area contributed by atoms with E-state index >= 15 is 0 Å². The van der Waals surface area contributed by atoms with Gasteiger partial charge in [-0.3, -0.25) is 0 Å². The summed E-state index contributed by atoms with van der Waals surface area (Å²) in [6.45, 7) is 8.26. The van der Waals surface area contributed by atoms with Gasteiger partial charge in [0.2, 0.25) is 0 Å². The average molecular weight is 618 g/mol. The minimum absolute atomic E-state index is 0.0239. The zero-order chi connectivity index (χ0) is 33.7.